The van der Waals surface area contributed by atoms with Crippen molar-refractivity contribution in [1.29, 1.82) is 0 Å². The van der Waals surface area contributed by atoms with E-state index in [4.69, 9.17) is 0 Å². The third-order valence-corrected chi connectivity index (χ3v) is 2.92. The molecule has 1 heterocycles. The van der Waals surface area contributed by atoms with Crippen LogP contribution in [0.3, 0.4) is 0 Å². The minimum atomic E-state index is -0.430. The summed E-state index contributed by atoms with van der Waals surface area (Å²) in [5, 5.41) is 13.9. The molecule has 0 saturated carbocycles. The average molecular weight is 309 g/mol. The molecule has 0 unspecified atom stereocenters. The topological polar surface area (TPSA) is 81.0 Å². The lowest BCUT2D eigenvalue weighted by atomic mass is 10.2. The van der Waals surface area contributed by atoms with Crippen LogP contribution in [-0.4, -0.2) is 14.9 Å². The number of anilines is 1. The molecular weight excluding hydrogens is 300 g/mol. The largest absolute Gasteiger partial charge is 0.381 e. The molecule has 92 valence electrons. The maximum Gasteiger partial charge on any atom is 0.285 e. The molecule has 0 spiro atoms. The number of nitro benzene ring substituents is 1. The fourth-order valence-electron chi connectivity index (χ4n) is 1.39. The van der Waals surface area contributed by atoms with Crippen LogP contribution in [-0.2, 0) is 6.54 Å². The maximum atomic E-state index is 10.8. The van der Waals surface area contributed by atoms with Gasteiger partial charge in [-0.2, -0.15) is 0 Å². The molecular formula is C11H9BrN4O2. The zero-order valence-corrected chi connectivity index (χ0v) is 10.8. The first kappa shape index (κ1) is 12.4. The van der Waals surface area contributed by atoms with Crippen molar-refractivity contribution >= 4 is 27.3 Å². The number of hydrogen-bond donors (Lipinski definition) is 1. The standard InChI is InChI=1S/C11H9BrN4O2/c12-10-2-1-9(3-11(10)16(17)18)15-6-8-4-13-7-14-5-8/h1-5,7,15H,6H2. The van der Waals surface area contributed by atoms with Crippen molar-refractivity contribution in [2.75, 3.05) is 5.32 Å². The van der Waals surface area contributed by atoms with Crippen LogP contribution in [0.15, 0.2) is 41.4 Å². The van der Waals surface area contributed by atoms with E-state index in [1.165, 1.54) is 12.4 Å². The Labute approximate surface area is 111 Å². The molecule has 0 aliphatic rings. The first-order chi connectivity index (χ1) is 8.66. The Morgan fingerprint density at radius 3 is 2.72 bits per heavy atom. The molecule has 7 heteroatoms. The van der Waals surface area contributed by atoms with Crippen molar-refractivity contribution in [3.8, 4) is 0 Å². The molecule has 0 saturated heterocycles. The van der Waals surface area contributed by atoms with Crippen LogP contribution in [0.2, 0.25) is 0 Å². The summed E-state index contributed by atoms with van der Waals surface area (Å²) in [7, 11) is 0. The lowest BCUT2D eigenvalue weighted by Gasteiger charge is -2.06. The normalized spacial score (nSPS) is 10.1. The van der Waals surface area contributed by atoms with E-state index in [1.54, 1.807) is 24.5 Å². The van der Waals surface area contributed by atoms with E-state index in [0.29, 0.717) is 16.7 Å². The predicted octanol–water partition coefficient (Wildman–Crippen LogP) is 2.76. The fraction of sp³-hybridized carbons (Fsp3) is 0.0909. The fourth-order valence-corrected chi connectivity index (χ4v) is 1.78. The molecule has 0 aliphatic carbocycles. The van der Waals surface area contributed by atoms with Gasteiger partial charge in [0.05, 0.1) is 9.40 Å². The molecule has 18 heavy (non-hydrogen) atoms. The summed E-state index contributed by atoms with van der Waals surface area (Å²) >= 11 is 3.14. The molecule has 1 aromatic carbocycles. The van der Waals surface area contributed by atoms with Gasteiger partial charge in [-0.25, -0.2) is 9.97 Å². The van der Waals surface area contributed by atoms with E-state index in [1.807, 2.05) is 0 Å². The Kier molecular flexibility index (Phi) is 3.83. The summed E-state index contributed by atoms with van der Waals surface area (Å²) < 4.78 is 0.459. The minimum absolute atomic E-state index is 0.0318. The molecule has 1 aromatic heterocycles. The zero-order valence-electron chi connectivity index (χ0n) is 9.21. The average Bonchev–Trinajstić information content (AvgIpc) is 2.38. The van der Waals surface area contributed by atoms with E-state index in [2.05, 4.69) is 31.2 Å². The summed E-state index contributed by atoms with van der Waals surface area (Å²) in [5.41, 5.74) is 1.61. The maximum absolute atomic E-state index is 10.8. The first-order valence-corrected chi connectivity index (χ1v) is 5.88. The summed E-state index contributed by atoms with van der Waals surface area (Å²) in [4.78, 5) is 18.1. The van der Waals surface area contributed by atoms with Crippen molar-refractivity contribution in [1.82, 2.24) is 9.97 Å². The number of aromatic nitrogens is 2. The zero-order chi connectivity index (χ0) is 13.0. The lowest BCUT2D eigenvalue weighted by Crippen LogP contribution is -2.01. The van der Waals surface area contributed by atoms with Crippen molar-refractivity contribution in [3.05, 3.63) is 57.1 Å². The summed E-state index contributed by atoms with van der Waals surface area (Å²) in [6.07, 6.45) is 4.83. The van der Waals surface area contributed by atoms with Crippen LogP contribution in [0.1, 0.15) is 5.56 Å². The summed E-state index contributed by atoms with van der Waals surface area (Å²) in [5.74, 6) is 0. The Balaban J connectivity index is 2.11. The molecule has 1 N–H and O–H groups in total. The molecule has 0 amide bonds. The molecule has 6 nitrogen and oxygen atoms in total. The quantitative estimate of drug-likeness (QED) is 0.694. The third kappa shape index (κ3) is 3.01. The highest BCUT2D eigenvalue weighted by Crippen LogP contribution is 2.27. The van der Waals surface area contributed by atoms with Crippen LogP contribution in [0, 0.1) is 10.1 Å². The van der Waals surface area contributed by atoms with Crippen LogP contribution in [0.25, 0.3) is 0 Å². The summed E-state index contributed by atoms with van der Waals surface area (Å²) in [6, 6.07) is 4.89. The molecule has 0 bridgehead atoms. The van der Waals surface area contributed by atoms with Gasteiger partial charge in [0.15, 0.2) is 0 Å². The number of hydrogen-bond acceptors (Lipinski definition) is 5. The van der Waals surface area contributed by atoms with Gasteiger partial charge in [-0.15, -0.1) is 0 Å². The Hall–Kier alpha value is -2.02. The highest BCUT2D eigenvalue weighted by molar-refractivity contribution is 9.10. The van der Waals surface area contributed by atoms with E-state index < -0.39 is 4.92 Å². The van der Waals surface area contributed by atoms with Gasteiger partial charge in [0, 0.05) is 36.3 Å². The van der Waals surface area contributed by atoms with Gasteiger partial charge in [0.2, 0.25) is 0 Å². The van der Waals surface area contributed by atoms with Gasteiger partial charge in [-0.1, -0.05) is 0 Å². The number of rotatable bonds is 4. The van der Waals surface area contributed by atoms with Crippen LogP contribution in [0.4, 0.5) is 11.4 Å². The van der Waals surface area contributed by atoms with Crippen LogP contribution in [0.5, 0.6) is 0 Å². The molecule has 0 radical (unpaired) electrons. The van der Waals surface area contributed by atoms with Gasteiger partial charge in [0.25, 0.3) is 5.69 Å². The Bertz CT molecular complexity index is 562. The van der Waals surface area contributed by atoms with Gasteiger partial charge < -0.3 is 5.32 Å². The summed E-state index contributed by atoms with van der Waals surface area (Å²) in [6.45, 7) is 0.514. The molecule has 2 rings (SSSR count). The lowest BCUT2D eigenvalue weighted by molar-refractivity contribution is -0.385. The van der Waals surface area contributed by atoms with Crippen molar-refractivity contribution in [3.63, 3.8) is 0 Å². The second-order valence-electron chi connectivity index (χ2n) is 3.52. The van der Waals surface area contributed by atoms with E-state index >= 15 is 0 Å². The monoisotopic (exact) mass is 308 g/mol. The van der Waals surface area contributed by atoms with Crippen LogP contribution >= 0.6 is 15.9 Å². The third-order valence-electron chi connectivity index (χ3n) is 2.25. The highest BCUT2D eigenvalue weighted by atomic mass is 79.9. The van der Waals surface area contributed by atoms with Gasteiger partial charge in [-0.3, -0.25) is 10.1 Å². The van der Waals surface area contributed by atoms with E-state index in [9.17, 15) is 10.1 Å². The highest BCUT2D eigenvalue weighted by Gasteiger charge is 2.11. The number of benzene rings is 1. The second kappa shape index (κ2) is 5.54. The van der Waals surface area contributed by atoms with Gasteiger partial charge in [0.1, 0.15) is 6.33 Å². The number of nitrogens with zero attached hydrogens (tertiary/aromatic N) is 3. The molecule has 0 atom stereocenters. The smallest absolute Gasteiger partial charge is 0.285 e. The van der Waals surface area contributed by atoms with Crippen LogP contribution < -0.4 is 5.32 Å². The Morgan fingerprint density at radius 2 is 2.06 bits per heavy atom. The second-order valence-corrected chi connectivity index (χ2v) is 4.38. The molecule has 0 fully saturated rings. The van der Waals surface area contributed by atoms with Gasteiger partial charge >= 0.3 is 0 Å². The minimum Gasteiger partial charge on any atom is -0.381 e. The predicted molar refractivity (Wildman–Crippen MR) is 70.2 cm³/mol. The number of halogens is 1. The first-order valence-electron chi connectivity index (χ1n) is 5.08. The Morgan fingerprint density at radius 1 is 1.33 bits per heavy atom. The van der Waals surface area contributed by atoms with Crippen molar-refractivity contribution in [2.45, 2.75) is 6.54 Å². The molecule has 2 aromatic rings. The number of nitrogens with one attached hydrogen (secondary N) is 1. The number of nitro groups is 1. The SMILES string of the molecule is O=[N+]([O-])c1cc(NCc2cncnc2)ccc1Br. The molecule has 0 aliphatic heterocycles. The van der Waals surface area contributed by atoms with E-state index in [0.717, 1.165) is 5.56 Å². The van der Waals surface area contributed by atoms with Gasteiger partial charge in [-0.05, 0) is 28.1 Å². The van der Waals surface area contributed by atoms with E-state index in [-0.39, 0.29) is 5.69 Å². The van der Waals surface area contributed by atoms with Crippen molar-refractivity contribution in [2.24, 2.45) is 0 Å². The van der Waals surface area contributed by atoms with Crippen molar-refractivity contribution < 1.29 is 4.92 Å².